The number of unbranched alkanes of at least 4 members (excludes halogenated alkanes) is 3. The van der Waals surface area contributed by atoms with E-state index in [1.165, 1.54) is 19.3 Å². The van der Waals surface area contributed by atoms with Crippen LogP contribution in [0.1, 0.15) is 39.0 Å². The Morgan fingerprint density at radius 3 is 2.87 bits per heavy atom. The van der Waals surface area contributed by atoms with Crippen molar-refractivity contribution in [1.82, 2.24) is 4.90 Å². The van der Waals surface area contributed by atoms with Gasteiger partial charge in [-0.3, -0.25) is 4.79 Å². The van der Waals surface area contributed by atoms with Crippen LogP contribution in [0.5, 0.6) is 0 Å². The molecular formula is C12H21NOS. The molecule has 0 bridgehead atoms. The van der Waals surface area contributed by atoms with Crippen LogP contribution >= 0.6 is 11.8 Å². The lowest BCUT2D eigenvalue weighted by molar-refractivity contribution is -0.114. The molecule has 0 spiro atoms. The molecule has 0 aliphatic carbocycles. The quantitative estimate of drug-likeness (QED) is 0.514. The highest BCUT2D eigenvalue weighted by Crippen LogP contribution is 2.25. The third kappa shape index (κ3) is 4.74. The molecule has 86 valence electrons. The molecule has 0 saturated carbocycles. The maximum absolute atomic E-state index is 11.6. The summed E-state index contributed by atoms with van der Waals surface area (Å²) in [6, 6.07) is 0. The minimum absolute atomic E-state index is 0.294. The van der Waals surface area contributed by atoms with E-state index in [9.17, 15) is 4.79 Å². The summed E-state index contributed by atoms with van der Waals surface area (Å²) < 4.78 is 0. The van der Waals surface area contributed by atoms with Crippen LogP contribution in [-0.2, 0) is 4.79 Å². The molecule has 0 amide bonds. The Kier molecular flexibility index (Phi) is 5.84. The molecule has 0 aromatic rings. The molecule has 1 aliphatic heterocycles. The summed E-state index contributed by atoms with van der Waals surface area (Å²) in [5.74, 6) is 1.41. The lowest BCUT2D eigenvalue weighted by Gasteiger charge is -2.10. The summed E-state index contributed by atoms with van der Waals surface area (Å²) in [5, 5.41) is 1.15. The van der Waals surface area contributed by atoms with Crippen LogP contribution < -0.4 is 0 Å². The SMILES string of the molecule is CCCCCCC(=O)/C=C1/SCCN1C. The number of rotatable bonds is 6. The zero-order valence-electron chi connectivity index (χ0n) is 9.79. The van der Waals surface area contributed by atoms with Crippen LogP contribution in [0, 0.1) is 0 Å². The van der Waals surface area contributed by atoms with E-state index in [4.69, 9.17) is 0 Å². The number of nitrogens with zero attached hydrogens (tertiary/aromatic N) is 1. The van der Waals surface area contributed by atoms with Gasteiger partial charge in [-0.1, -0.05) is 26.2 Å². The molecule has 1 rings (SSSR count). The van der Waals surface area contributed by atoms with E-state index in [1.54, 1.807) is 11.8 Å². The Balaban J connectivity index is 2.22. The second-order valence-corrected chi connectivity index (χ2v) is 5.14. The van der Waals surface area contributed by atoms with E-state index in [-0.39, 0.29) is 0 Å². The maximum atomic E-state index is 11.6. The number of carbonyl (C=O) groups is 1. The minimum Gasteiger partial charge on any atom is -0.368 e. The van der Waals surface area contributed by atoms with Gasteiger partial charge in [0.2, 0.25) is 0 Å². The standard InChI is InChI=1S/C12H21NOS/c1-3-4-5-6-7-11(14)10-12-13(2)8-9-15-12/h10H,3-9H2,1-2H3/b12-10+. The smallest absolute Gasteiger partial charge is 0.158 e. The average molecular weight is 227 g/mol. The Bertz CT molecular complexity index is 238. The summed E-state index contributed by atoms with van der Waals surface area (Å²) >= 11 is 1.79. The molecule has 3 heteroatoms. The van der Waals surface area contributed by atoms with Gasteiger partial charge in [-0.05, 0) is 6.42 Å². The summed E-state index contributed by atoms with van der Waals surface area (Å²) in [7, 11) is 2.05. The highest BCUT2D eigenvalue weighted by molar-refractivity contribution is 8.03. The van der Waals surface area contributed by atoms with Crippen LogP contribution in [0.4, 0.5) is 0 Å². The topological polar surface area (TPSA) is 20.3 Å². The first-order chi connectivity index (χ1) is 7.24. The van der Waals surface area contributed by atoms with Crippen molar-refractivity contribution in [3.63, 3.8) is 0 Å². The largest absolute Gasteiger partial charge is 0.368 e. The van der Waals surface area contributed by atoms with Crippen LogP contribution in [0.3, 0.4) is 0 Å². The Hall–Kier alpha value is -0.440. The van der Waals surface area contributed by atoms with Crippen molar-refractivity contribution in [2.75, 3.05) is 19.3 Å². The third-order valence-corrected chi connectivity index (χ3v) is 3.73. The fraction of sp³-hybridized carbons (Fsp3) is 0.750. The fourth-order valence-corrected chi connectivity index (χ4v) is 2.70. The van der Waals surface area contributed by atoms with Crippen molar-refractivity contribution in [2.45, 2.75) is 39.0 Å². The van der Waals surface area contributed by atoms with Crippen molar-refractivity contribution >= 4 is 17.5 Å². The zero-order chi connectivity index (χ0) is 11.1. The van der Waals surface area contributed by atoms with Crippen molar-refractivity contribution in [1.29, 1.82) is 0 Å². The number of carbonyl (C=O) groups excluding carboxylic acids is 1. The van der Waals surface area contributed by atoms with Gasteiger partial charge in [-0.25, -0.2) is 0 Å². The number of hydrogen-bond donors (Lipinski definition) is 0. The maximum Gasteiger partial charge on any atom is 0.158 e. The predicted molar refractivity (Wildman–Crippen MR) is 66.9 cm³/mol. The number of hydrogen-bond acceptors (Lipinski definition) is 3. The Labute approximate surface area is 97.1 Å². The molecule has 0 aromatic carbocycles. The zero-order valence-corrected chi connectivity index (χ0v) is 10.6. The van der Waals surface area contributed by atoms with Crippen molar-refractivity contribution in [3.05, 3.63) is 11.1 Å². The second kappa shape index (κ2) is 6.94. The molecule has 0 N–H and O–H groups in total. The second-order valence-electron chi connectivity index (χ2n) is 4.03. The summed E-state index contributed by atoms with van der Waals surface area (Å²) in [6.45, 7) is 3.26. The number of ketones is 1. The molecule has 1 aliphatic rings. The molecule has 0 atom stereocenters. The number of allylic oxidation sites excluding steroid dienone is 1. The van der Waals surface area contributed by atoms with Gasteiger partial charge in [-0.15, -0.1) is 11.8 Å². The van der Waals surface area contributed by atoms with Gasteiger partial charge in [0.1, 0.15) is 0 Å². The van der Waals surface area contributed by atoms with E-state index in [0.717, 1.165) is 30.2 Å². The van der Waals surface area contributed by atoms with Gasteiger partial charge >= 0.3 is 0 Å². The van der Waals surface area contributed by atoms with Gasteiger partial charge in [0, 0.05) is 31.8 Å². The molecule has 1 fully saturated rings. The van der Waals surface area contributed by atoms with Crippen LogP contribution in [-0.4, -0.2) is 30.0 Å². The predicted octanol–water partition coefficient (Wildman–Crippen LogP) is 3.05. The average Bonchev–Trinajstić information content (AvgIpc) is 2.59. The highest BCUT2D eigenvalue weighted by Gasteiger charge is 2.14. The van der Waals surface area contributed by atoms with Gasteiger partial charge < -0.3 is 4.90 Å². The van der Waals surface area contributed by atoms with E-state index in [1.807, 2.05) is 6.08 Å². The van der Waals surface area contributed by atoms with Crippen molar-refractivity contribution in [3.8, 4) is 0 Å². The molecule has 0 radical (unpaired) electrons. The molecule has 0 aromatic heterocycles. The molecule has 1 saturated heterocycles. The van der Waals surface area contributed by atoms with Gasteiger partial charge in [0.15, 0.2) is 5.78 Å². The first-order valence-corrected chi connectivity index (χ1v) is 6.81. The van der Waals surface area contributed by atoms with Crippen LogP contribution in [0.15, 0.2) is 11.1 Å². The summed E-state index contributed by atoms with van der Waals surface area (Å²) in [5.41, 5.74) is 0. The summed E-state index contributed by atoms with van der Waals surface area (Å²) in [4.78, 5) is 13.8. The lowest BCUT2D eigenvalue weighted by atomic mass is 10.1. The molecular weight excluding hydrogens is 206 g/mol. The van der Waals surface area contributed by atoms with Gasteiger partial charge in [-0.2, -0.15) is 0 Å². The van der Waals surface area contributed by atoms with Crippen molar-refractivity contribution in [2.24, 2.45) is 0 Å². The normalized spacial score (nSPS) is 18.8. The lowest BCUT2D eigenvalue weighted by Crippen LogP contribution is -2.11. The van der Waals surface area contributed by atoms with E-state index >= 15 is 0 Å². The van der Waals surface area contributed by atoms with Gasteiger partial charge in [0.05, 0.1) is 5.03 Å². The van der Waals surface area contributed by atoms with Crippen LogP contribution in [0.25, 0.3) is 0 Å². The number of thioether (sulfide) groups is 1. The first kappa shape index (κ1) is 12.6. The molecule has 0 unspecified atom stereocenters. The Morgan fingerprint density at radius 1 is 1.47 bits per heavy atom. The van der Waals surface area contributed by atoms with Crippen molar-refractivity contribution < 1.29 is 4.79 Å². The van der Waals surface area contributed by atoms with Crippen LogP contribution in [0.2, 0.25) is 0 Å². The van der Waals surface area contributed by atoms with E-state index in [2.05, 4.69) is 18.9 Å². The Morgan fingerprint density at radius 2 is 2.27 bits per heavy atom. The van der Waals surface area contributed by atoms with Gasteiger partial charge in [0.25, 0.3) is 0 Å². The molecule has 1 heterocycles. The summed E-state index contributed by atoms with van der Waals surface area (Å²) in [6.07, 6.45) is 7.26. The van der Waals surface area contributed by atoms with E-state index < -0.39 is 0 Å². The highest BCUT2D eigenvalue weighted by atomic mass is 32.2. The molecule has 2 nitrogen and oxygen atoms in total. The first-order valence-electron chi connectivity index (χ1n) is 5.82. The molecule has 15 heavy (non-hydrogen) atoms. The van der Waals surface area contributed by atoms with E-state index in [0.29, 0.717) is 5.78 Å². The fourth-order valence-electron chi connectivity index (χ4n) is 1.60. The monoisotopic (exact) mass is 227 g/mol. The third-order valence-electron chi connectivity index (χ3n) is 2.61. The minimum atomic E-state index is 0.294.